The number of aromatic nitrogens is 4. The molecule has 0 aliphatic rings. The monoisotopic (exact) mass is 329 g/mol. The van der Waals surface area contributed by atoms with Gasteiger partial charge < -0.3 is 4.90 Å². The minimum Gasteiger partial charge on any atom is -0.332 e. The summed E-state index contributed by atoms with van der Waals surface area (Å²) in [5.74, 6) is 0.280. The average Bonchev–Trinajstić information content (AvgIpc) is 2.98. The third-order valence-corrected chi connectivity index (χ3v) is 4.09. The Hall–Kier alpha value is -2.47. The highest BCUT2D eigenvalue weighted by Crippen LogP contribution is 2.22. The van der Waals surface area contributed by atoms with E-state index < -0.39 is 0 Å². The van der Waals surface area contributed by atoms with Crippen LogP contribution in [0.1, 0.15) is 34.8 Å². The Morgan fingerprint density at radius 1 is 1.35 bits per heavy atom. The molecule has 0 aliphatic heterocycles. The number of nitrogens with zero attached hydrogens (tertiary/aromatic N) is 5. The molecule has 0 aliphatic carbocycles. The smallest absolute Gasteiger partial charge is 0.293 e. The molecule has 0 fully saturated rings. The van der Waals surface area contributed by atoms with Crippen molar-refractivity contribution in [2.75, 3.05) is 7.05 Å². The first kappa shape index (κ1) is 15.4. The zero-order chi connectivity index (χ0) is 16.6. The first-order chi connectivity index (χ1) is 11.0. The molecule has 1 amide bonds. The summed E-state index contributed by atoms with van der Waals surface area (Å²) < 4.78 is 1.56. The normalized spacial score (nSPS) is 12.3. The molecule has 0 N–H and O–H groups in total. The van der Waals surface area contributed by atoms with E-state index in [9.17, 15) is 4.79 Å². The minimum atomic E-state index is -0.262. The maximum Gasteiger partial charge on any atom is 0.293 e. The van der Waals surface area contributed by atoms with Crippen molar-refractivity contribution >= 4 is 23.3 Å². The second kappa shape index (κ2) is 5.96. The number of aryl methyl sites for hydroxylation is 1. The lowest BCUT2D eigenvalue weighted by atomic mass is 10.1. The van der Waals surface area contributed by atoms with E-state index >= 15 is 0 Å². The van der Waals surface area contributed by atoms with Crippen LogP contribution in [-0.4, -0.2) is 37.4 Å². The van der Waals surface area contributed by atoms with Crippen LogP contribution < -0.4 is 0 Å². The Kier molecular flexibility index (Phi) is 4.00. The van der Waals surface area contributed by atoms with Gasteiger partial charge in [-0.15, -0.1) is 5.10 Å². The van der Waals surface area contributed by atoms with Gasteiger partial charge in [-0.05, 0) is 37.6 Å². The zero-order valence-corrected chi connectivity index (χ0v) is 13.8. The van der Waals surface area contributed by atoms with E-state index in [0.29, 0.717) is 10.8 Å². The van der Waals surface area contributed by atoms with Gasteiger partial charge in [0.1, 0.15) is 0 Å². The summed E-state index contributed by atoms with van der Waals surface area (Å²) >= 11 is 6.02. The maximum absolute atomic E-state index is 12.7. The number of hydrogen-bond acceptors (Lipinski definition) is 4. The predicted molar refractivity (Wildman–Crippen MR) is 87.5 cm³/mol. The predicted octanol–water partition coefficient (Wildman–Crippen LogP) is 2.92. The molecule has 0 saturated heterocycles. The molecule has 118 valence electrons. The molecule has 7 heteroatoms. The Bertz CT molecular complexity index is 876. The van der Waals surface area contributed by atoms with Crippen molar-refractivity contribution < 1.29 is 4.79 Å². The van der Waals surface area contributed by atoms with Crippen LogP contribution in [0.3, 0.4) is 0 Å². The lowest BCUT2D eigenvalue weighted by molar-refractivity contribution is 0.0730. The number of benzene rings is 1. The molecule has 3 aromatic rings. The topological polar surface area (TPSA) is 63.4 Å². The van der Waals surface area contributed by atoms with Crippen LogP contribution in [0.5, 0.6) is 0 Å². The van der Waals surface area contributed by atoms with E-state index in [-0.39, 0.29) is 17.8 Å². The molecule has 1 atom stereocenters. The lowest BCUT2D eigenvalue weighted by Gasteiger charge is -2.24. The lowest BCUT2D eigenvalue weighted by Crippen LogP contribution is -2.30. The summed E-state index contributed by atoms with van der Waals surface area (Å²) in [7, 11) is 1.72. The van der Waals surface area contributed by atoms with E-state index in [4.69, 9.17) is 11.6 Å². The van der Waals surface area contributed by atoms with Crippen molar-refractivity contribution in [3.05, 3.63) is 58.6 Å². The average molecular weight is 330 g/mol. The molecular weight excluding hydrogens is 314 g/mol. The zero-order valence-electron chi connectivity index (χ0n) is 13.1. The van der Waals surface area contributed by atoms with Gasteiger partial charge in [0, 0.05) is 24.0 Å². The first-order valence-electron chi connectivity index (χ1n) is 7.18. The quantitative estimate of drug-likeness (QED) is 0.741. The van der Waals surface area contributed by atoms with Gasteiger partial charge >= 0.3 is 0 Å². The fraction of sp³-hybridized carbons (Fsp3) is 0.250. The van der Waals surface area contributed by atoms with E-state index in [1.165, 1.54) is 0 Å². The maximum atomic E-state index is 12.7. The molecule has 0 spiro atoms. The highest BCUT2D eigenvalue weighted by molar-refractivity contribution is 6.30. The van der Waals surface area contributed by atoms with Gasteiger partial charge in [-0.1, -0.05) is 23.7 Å². The van der Waals surface area contributed by atoms with E-state index in [1.54, 1.807) is 28.7 Å². The summed E-state index contributed by atoms with van der Waals surface area (Å²) in [6.45, 7) is 3.82. The second-order valence-corrected chi connectivity index (χ2v) is 5.82. The molecular formula is C16H16ClN5O. The molecule has 2 heterocycles. The number of amides is 1. The van der Waals surface area contributed by atoms with Gasteiger partial charge in [0.15, 0.2) is 0 Å². The first-order valence-corrected chi connectivity index (χ1v) is 7.56. The number of fused-ring (bicyclic) bond motifs is 1. The molecule has 0 saturated carbocycles. The third kappa shape index (κ3) is 2.90. The molecule has 2 aromatic heterocycles. The largest absolute Gasteiger partial charge is 0.332 e. The molecule has 0 radical (unpaired) electrons. The molecule has 1 unspecified atom stereocenters. The van der Waals surface area contributed by atoms with Crippen molar-refractivity contribution in [1.29, 1.82) is 0 Å². The highest BCUT2D eigenvalue weighted by Gasteiger charge is 2.23. The second-order valence-electron chi connectivity index (χ2n) is 5.38. The van der Waals surface area contributed by atoms with Gasteiger partial charge in [-0.25, -0.2) is 9.50 Å². The van der Waals surface area contributed by atoms with Crippen molar-refractivity contribution in [2.45, 2.75) is 19.9 Å². The van der Waals surface area contributed by atoms with Crippen LogP contribution in [0, 0.1) is 6.92 Å². The fourth-order valence-corrected chi connectivity index (χ4v) is 2.52. The fourth-order valence-electron chi connectivity index (χ4n) is 2.32. The van der Waals surface area contributed by atoms with Crippen molar-refractivity contribution in [1.82, 2.24) is 24.5 Å². The molecule has 0 bridgehead atoms. The summed E-state index contributed by atoms with van der Waals surface area (Å²) in [5.41, 5.74) is 1.82. The highest BCUT2D eigenvalue weighted by atomic mass is 35.5. The SMILES string of the molecule is Cc1ccnc2nc(C(=O)N(C)C(C)c3cccc(Cl)c3)nn12. The number of rotatable bonds is 3. The third-order valence-electron chi connectivity index (χ3n) is 3.85. The van der Waals surface area contributed by atoms with Crippen LogP contribution in [0.2, 0.25) is 5.02 Å². The minimum absolute atomic E-state index is 0.128. The van der Waals surface area contributed by atoms with Crippen LogP contribution in [-0.2, 0) is 0 Å². The van der Waals surface area contributed by atoms with Crippen molar-refractivity contribution in [3.63, 3.8) is 0 Å². The van der Waals surface area contributed by atoms with E-state index in [2.05, 4.69) is 15.1 Å². The Labute approximate surface area is 138 Å². The van der Waals surface area contributed by atoms with Gasteiger partial charge in [0.05, 0.1) is 6.04 Å². The Balaban J connectivity index is 1.90. The number of carbonyl (C=O) groups excluding carboxylic acids is 1. The molecule has 1 aromatic carbocycles. The molecule has 3 rings (SSSR count). The number of hydrogen-bond donors (Lipinski definition) is 0. The van der Waals surface area contributed by atoms with Crippen LogP contribution >= 0.6 is 11.6 Å². The molecule has 23 heavy (non-hydrogen) atoms. The van der Waals surface area contributed by atoms with Gasteiger partial charge in [-0.2, -0.15) is 4.98 Å². The van der Waals surface area contributed by atoms with Crippen LogP contribution in [0.25, 0.3) is 5.78 Å². The standard InChI is InChI=1S/C16H16ClN5O/c1-10-7-8-18-16-19-14(20-22(10)16)15(23)21(3)11(2)12-5-4-6-13(17)9-12/h4-9,11H,1-3H3. The van der Waals surface area contributed by atoms with Crippen LogP contribution in [0.15, 0.2) is 36.5 Å². The number of carbonyl (C=O) groups is 1. The summed E-state index contributed by atoms with van der Waals surface area (Å²) in [5, 5.41) is 4.89. The summed E-state index contributed by atoms with van der Waals surface area (Å²) in [6, 6.07) is 9.11. The van der Waals surface area contributed by atoms with Gasteiger partial charge in [-0.3, -0.25) is 4.79 Å². The number of halogens is 1. The van der Waals surface area contributed by atoms with Gasteiger partial charge in [0.2, 0.25) is 5.82 Å². The summed E-state index contributed by atoms with van der Waals surface area (Å²) in [4.78, 5) is 22.6. The summed E-state index contributed by atoms with van der Waals surface area (Å²) in [6.07, 6.45) is 1.64. The van der Waals surface area contributed by atoms with Crippen LogP contribution in [0.4, 0.5) is 0 Å². The van der Waals surface area contributed by atoms with E-state index in [0.717, 1.165) is 11.3 Å². The Morgan fingerprint density at radius 2 is 2.13 bits per heavy atom. The van der Waals surface area contributed by atoms with Crippen molar-refractivity contribution in [2.24, 2.45) is 0 Å². The van der Waals surface area contributed by atoms with Gasteiger partial charge in [0.25, 0.3) is 11.7 Å². The van der Waals surface area contributed by atoms with Crippen molar-refractivity contribution in [3.8, 4) is 0 Å². The Morgan fingerprint density at radius 3 is 2.83 bits per heavy atom. The molecule has 6 nitrogen and oxygen atoms in total. The van der Waals surface area contributed by atoms with E-state index in [1.807, 2.05) is 38.1 Å².